The summed E-state index contributed by atoms with van der Waals surface area (Å²) >= 11 is 5.31. The lowest BCUT2D eigenvalue weighted by Gasteiger charge is -2.35. The first-order chi connectivity index (χ1) is 15.8. The number of aromatic nitrogens is 4. The van der Waals surface area contributed by atoms with Crippen LogP contribution < -0.4 is 10.5 Å². The van der Waals surface area contributed by atoms with Crippen molar-refractivity contribution in [3.8, 4) is 0 Å². The van der Waals surface area contributed by atoms with Gasteiger partial charge in [0.05, 0.1) is 10.9 Å². The minimum absolute atomic E-state index is 0.0622. The molecule has 2 aromatic heterocycles. The van der Waals surface area contributed by atoms with Gasteiger partial charge in [0.25, 0.3) is 11.5 Å². The lowest BCUT2D eigenvalue weighted by Crippen LogP contribution is -2.49. The van der Waals surface area contributed by atoms with Crippen molar-refractivity contribution in [3.63, 3.8) is 0 Å². The van der Waals surface area contributed by atoms with Crippen LogP contribution in [0.2, 0.25) is 0 Å². The van der Waals surface area contributed by atoms with Gasteiger partial charge >= 0.3 is 0 Å². The predicted octanol–water partition coefficient (Wildman–Crippen LogP) is 3.43. The molecule has 1 aliphatic rings. The topological polar surface area (TPSA) is 87.1 Å². The number of allylic oxidation sites excluding steroid dienone is 1. The quantitative estimate of drug-likeness (QED) is 0.460. The zero-order chi connectivity index (χ0) is 23.7. The number of hydrogen-bond donors (Lipinski definition) is 1. The molecule has 0 bridgehead atoms. The number of hydrogen-bond acceptors (Lipinski definition) is 6. The van der Waals surface area contributed by atoms with Crippen molar-refractivity contribution in [2.24, 2.45) is 0 Å². The highest BCUT2D eigenvalue weighted by atomic mass is 32.1. The van der Waals surface area contributed by atoms with Gasteiger partial charge in [0.2, 0.25) is 0 Å². The van der Waals surface area contributed by atoms with E-state index in [1.165, 1.54) is 4.57 Å². The number of H-pyrrole nitrogens is 1. The Morgan fingerprint density at radius 3 is 2.61 bits per heavy atom. The Bertz CT molecular complexity index is 1340. The van der Waals surface area contributed by atoms with E-state index in [4.69, 9.17) is 17.2 Å². The molecular weight excluding hydrogens is 436 g/mol. The molecule has 0 radical (unpaired) electrons. The summed E-state index contributed by atoms with van der Waals surface area (Å²) in [5.41, 5.74) is 1.85. The van der Waals surface area contributed by atoms with Crippen LogP contribution in [0.5, 0.6) is 0 Å². The fraction of sp³-hybridized carbons (Fsp3) is 0.375. The highest BCUT2D eigenvalue weighted by molar-refractivity contribution is 7.71. The Kier molecular flexibility index (Phi) is 6.42. The Hall–Kier alpha value is -3.33. The van der Waals surface area contributed by atoms with Gasteiger partial charge in [-0.05, 0) is 37.3 Å². The zero-order valence-corrected chi connectivity index (χ0v) is 20.0. The van der Waals surface area contributed by atoms with Gasteiger partial charge in [-0.3, -0.25) is 14.2 Å². The van der Waals surface area contributed by atoms with Gasteiger partial charge < -0.3 is 14.8 Å². The minimum Gasteiger partial charge on any atom is -0.353 e. The molecule has 4 rings (SSSR count). The fourth-order valence-electron chi connectivity index (χ4n) is 4.00. The van der Waals surface area contributed by atoms with Crippen molar-refractivity contribution >= 4 is 34.8 Å². The summed E-state index contributed by atoms with van der Waals surface area (Å²) in [4.78, 5) is 42.2. The van der Waals surface area contributed by atoms with Crippen molar-refractivity contribution < 1.29 is 4.79 Å². The maximum absolute atomic E-state index is 13.2. The molecule has 33 heavy (non-hydrogen) atoms. The number of carbonyl (C=O) groups is 1. The number of piperazine rings is 1. The van der Waals surface area contributed by atoms with Gasteiger partial charge in [-0.2, -0.15) is 0 Å². The third kappa shape index (κ3) is 4.59. The van der Waals surface area contributed by atoms with E-state index in [0.29, 0.717) is 54.0 Å². The number of nitrogens with zero attached hydrogens (tertiary/aromatic N) is 5. The molecule has 3 aromatic rings. The highest BCUT2D eigenvalue weighted by Gasteiger charge is 2.24. The lowest BCUT2D eigenvalue weighted by molar-refractivity contribution is 0.0746. The number of nitrogens with one attached hydrogen (secondary N) is 1. The predicted molar refractivity (Wildman–Crippen MR) is 133 cm³/mol. The van der Waals surface area contributed by atoms with Crippen LogP contribution in [-0.4, -0.2) is 56.5 Å². The molecule has 3 heterocycles. The normalized spacial score (nSPS) is 14.2. The fourth-order valence-corrected chi connectivity index (χ4v) is 4.27. The Labute approximate surface area is 197 Å². The second-order valence-corrected chi connectivity index (χ2v) is 8.94. The van der Waals surface area contributed by atoms with Crippen molar-refractivity contribution in [2.45, 2.75) is 33.2 Å². The first-order valence-electron chi connectivity index (χ1n) is 11.1. The Morgan fingerprint density at radius 1 is 1.21 bits per heavy atom. The smallest absolute Gasteiger partial charge is 0.262 e. The van der Waals surface area contributed by atoms with Crippen molar-refractivity contribution in [1.82, 2.24) is 24.4 Å². The maximum Gasteiger partial charge on any atom is 0.262 e. The second kappa shape index (κ2) is 9.27. The average molecular weight is 465 g/mol. The molecular formula is C24H28N6O2S. The Balaban J connectivity index is 1.52. The molecule has 172 valence electrons. The zero-order valence-electron chi connectivity index (χ0n) is 19.2. The molecule has 1 fully saturated rings. The molecule has 1 aliphatic heterocycles. The van der Waals surface area contributed by atoms with Crippen LogP contribution in [0.15, 0.2) is 41.7 Å². The third-order valence-corrected chi connectivity index (χ3v) is 6.13. The molecule has 0 saturated carbocycles. The van der Waals surface area contributed by atoms with E-state index < -0.39 is 0 Å². The number of aryl methyl sites for hydroxylation is 1. The molecule has 9 heteroatoms. The van der Waals surface area contributed by atoms with Crippen LogP contribution in [0.25, 0.3) is 10.9 Å². The van der Waals surface area contributed by atoms with Crippen molar-refractivity contribution in [3.05, 3.63) is 69.1 Å². The van der Waals surface area contributed by atoms with E-state index in [-0.39, 0.29) is 17.4 Å². The van der Waals surface area contributed by atoms with E-state index in [0.717, 1.165) is 17.3 Å². The summed E-state index contributed by atoms with van der Waals surface area (Å²) in [6.07, 6.45) is 1.63. The van der Waals surface area contributed by atoms with Crippen LogP contribution in [0.3, 0.4) is 0 Å². The number of anilines is 1. The van der Waals surface area contributed by atoms with Crippen LogP contribution in [0.1, 0.15) is 41.6 Å². The highest BCUT2D eigenvalue weighted by Crippen LogP contribution is 2.20. The average Bonchev–Trinajstić information content (AvgIpc) is 2.80. The molecule has 0 spiro atoms. The molecule has 1 N–H and O–H groups in total. The number of carbonyl (C=O) groups excluding carboxylic acids is 1. The third-order valence-electron chi connectivity index (χ3n) is 5.81. The summed E-state index contributed by atoms with van der Waals surface area (Å²) in [6.45, 7) is 12.7. The first kappa shape index (κ1) is 22.8. The largest absolute Gasteiger partial charge is 0.353 e. The lowest BCUT2D eigenvalue weighted by atomic mass is 10.1. The van der Waals surface area contributed by atoms with Crippen molar-refractivity contribution in [1.29, 1.82) is 0 Å². The Morgan fingerprint density at radius 2 is 1.94 bits per heavy atom. The molecule has 0 aliphatic carbocycles. The standard InChI is InChI=1S/C24H28N6O2S/c1-5-8-30-23(32)18-7-6-17(14-19(18)26-24(30)33)22(31)29-11-9-28(10-12-29)20-13-16(4)25-21(27-20)15(2)3/h5-7,13-15H,1,8-12H2,2-4H3,(H,26,33). The molecule has 8 nitrogen and oxygen atoms in total. The second-order valence-electron chi connectivity index (χ2n) is 8.55. The maximum atomic E-state index is 13.2. The summed E-state index contributed by atoms with van der Waals surface area (Å²) in [5, 5.41) is 0.493. The minimum atomic E-state index is -0.192. The number of fused-ring (bicyclic) bond motifs is 1. The summed E-state index contributed by atoms with van der Waals surface area (Å²) in [7, 11) is 0. The number of rotatable bonds is 5. The van der Waals surface area contributed by atoms with Gasteiger partial charge in [-0.1, -0.05) is 19.9 Å². The van der Waals surface area contributed by atoms with Crippen LogP contribution in [0, 0.1) is 11.7 Å². The molecule has 1 aromatic carbocycles. The molecule has 0 atom stereocenters. The number of aromatic amines is 1. The SMILES string of the molecule is C=CCn1c(=S)[nH]c2cc(C(=O)N3CCN(c4cc(C)nc(C(C)C)n4)CC3)ccc2c1=O. The summed E-state index contributed by atoms with van der Waals surface area (Å²) in [6, 6.07) is 7.09. The summed E-state index contributed by atoms with van der Waals surface area (Å²) < 4.78 is 1.76. The van der Waals surface area contributed by atoms with Gasteiger partial charge in [0.15, 0.2) is 4.77 Å². The number of benzene rings is 1. The van der Waals surface area contributed by atoms with E-state index >= 15 is 0 Å². The molecule has 1 saturated heterocycles. The van der Waals surface area contributed by atoms with E-state index in [1.54, 1.807) is 24.3 Å². The van der Waals surface area contributed by atoms with Crippen LogP contribution in [0.4, 0.5) is 5.82 Å². The monoisotopic (exact) mass is 464 g/mol. The van der Waals surface area contributed by atoms with E-state index in [9.17, 15) is 9.59 Å². The molecule has 1 amide bonds. The summed E-state index contributed by atoms with van der Waals surface area (Å²) in [5.74, 6) is 1.94. The number of amides is 1. The van der Waals surface area contributed by atoms with E-state index in [2.05, 4.69) is 35.3 Å². The van der Waals surface area contributed by atoms with Gasteiger partial charge in [-0.15, -0.1) is 6.58 Å². The van der Waals surface area contributed by atoms with Gasteiger partial charge in [0, 0.05) is 56.0 Å². The molecule has 0 unspecified atom stereocenters. The van der Waals surface area contributed by atoms with Crippen LogP contribution in [-0.2, 0) is 6.54 Å². The van der Waals surface area contributed by atoms with Gasteiger partial charge in [0.1, 0.15) is 11.6 Å². The first-order valence-corrected chi connectivity index (χ1v) is 11.5. The van der Waals surface area contributed by atoms with Crippen LogP contribution >= 0.6 is 12.2 Å². The van der Waals surface area contributed by atoms with E-state index in [1.807, 2.05) is 17.9 Å². The van der Waals surface area contributed by atoms with Gasteiger partial charge in [-0.25, -0.2) is 9.97 Å². The van der Waals surface area contributed by atoms with Crippen molar-refractivity contribution in [2.75, 3.05) is 31.1 Å².